The van der Waals surface area contributed by atoms with Crippen molar-refractivity contribution in [3.8, 4) is 0 Å². The Bertz CT molecular complexity index is 843. The lowest BCUT2D eigenvalue weighted by atomic mass is 10.2. The van der Waals surface area contributed by atoms with Crippen molar-refractivity contribution in [3.63, 3.8) is 0 Å². The van der Waals surface area contributed by atoms with Gasteiger partial charge in [-0.25, -0.2) is 0 Å². The van der Waals surface area contributed by atoms with E-state index in [1.165, 1.54) is 16.7 Å². The normalized spacial score (nSPS) is 13.9. The van der Waals surface area contributed by atoms with Gasteiger partial charge in [0.2, 0.25) is 11.8 Å². The molecule has 3 rings (SSSR count). The molecule has 2 amide bonds. The molecule has 1 aliphatic rings. The minimum atomic E-state index is -0.222. The summed E-state index contributed by atoms with van der Waals surface area (Å²) in [5.74, 6) is 1.41. The zero-order valence-electron chi connectivity index (χ0n) is 17.6. The van der Waals surface area contributed by atoms with Crippen LogP contribution in [-0.2, 0) is 20.1 Å². The Morgan fingerprint density at radius 1 is 1.20 bits per heavy atom. The first-order chi connectivity index (χ1) is 14.4. The molecule has 1 fully saturated rings. The largest absolute Gasteiger partial charge is 0.378 e. The number of carbonyl (C=O) groups excluding carboxylic acids is 2. The maximum atomic E-state index is 12.3. The monoisotopic (exact) mass is 432 g/mol. The highest BCUT2D eigenvalue weighted by Crippen LogP contribution is 2.20. The van der Waals surface area contributed by atoms with Crippen molar-refractivity contribution in [2.75, 3.05) is 55.9 Å². The topological polar surface area (TPSA) is 87.9 Å². The van der Waals surface area contributed by atoms with Crippen molar-refractivity contribution >= 4 is 35.0 Å². The maximum Gasteiger partial charge on any atom is 0.243 e. The summed E-state index contributed by atoms with van der Waals surface area (Å²) in [5.41, 5.74) is 3.69. The Hall–Kier alpha value is -2.52. The van der Waals surface area contributed by atoms with Gasteiger partial charge in [-0.15, -0.1) is 11.8 Å². The van der Waals surface area contributed by atoms with Gasteiger partial charge in [-0.1, -0.05) is 5.16 Å². The molecule has 1 aromatic heterocycles. The molecular weight excluding hydrogens is 404 g/mol. The molecule has 1 aliphatic heterocycles. The number of thioether (sulfide) groups is 1. The van der Waals surface area contributed by atoms with Crippen molar-refractivity contribution in [1.29, 1.82) is 0 Å². The molecule has 8 nitrogen and oxygen atoms in total. The summed E-state index contributed by atoms with van der Waals surface area (Å²) in [5, 5.41) is 6.76. The average Bonchev–Trinajstić information content (AvgIpc) is 3.06. The molecule has 0 unspecified atom stereocenters. The number of nitrogens with one attached hydrogen (secondary N) is 1. The van der Waals surface area contributed by atoms with Gasteiger partial charge in [-0.2, -0.15) is 0 Å². The number of hydrogen-bond donors (Lipinski definition) is 1. The Morgan fingerprint density at radius 2 is 1.90 bits per heavy atom. The van der Waals surface area contributed by atoms with E-state index in [0.29, 0.717) is 17.2 Å². The van der Waals surface area contributed by atoms with Crippen LogP contribution in [0.5, 0.6) is 0 Å². The fourth-order valence-corrected chi connectivity index (χ4v) is 4.25. The molecule has 30 heavy (non-hydrogen) atoms. The third-order valence-electron chi connectivity index (χ3n) is 4.99. The molecule has 1 N–H and O–H groups in total. The number of likely N-dealkylation sites (N-methyl/N-ethyl adjacent to an activating group) is 1. The van der Waals surface area contributed by atoms with E-state index < -0.39 is 0 Å². The van der Waals surface area contributed by atoms with E-state index in [4.69, 9.17) is 9.26 Å². The van der Waals surface area contributed by atoms with Crippen LogP contribution in [0.2, 0.25) is 0 Å². The van der Waals surface area contributed by atoms with Gasteiger partial charge in [-0.05, 0) is 38.1 Å². The quantitative estimate of drug-likeness (QED) is 0.685. The molecular formula is C21H28N4O4S. The summed E-state index contributed by atoms with van der Waals surface area (Å²) < 4.78 is 10.5. The highest BCUT2D eigenvalue weighted by atomic mass is 32.2. The molecule has 0 aliphatic carbocycles. The number of hydrogen-bond acceptors (Lipinski definition) is 7. The van der Waals surface area contributed by atoms with Crippen LogP contribution in [0.25, 0.3) is 0 Å². The third kappa shape index (κ3) is 5.99. The lowest BCUT2D eigenvalue weighted by molar-refractivity contribution is -0.131. The first kappa shape index (κ1) is 22.2. The number of aromatic nitrogens is 1. The number of anilines is 2. The lowest BCUT2D eigenvalue weighted by Crippen LogP contribution is -2.36. The summed E-state index contributed by atoms with van der Waals surface area (Å²) in [6.45, 7) is 6.96. The summed E-state index contributed by atoms with van der Waals surface area (Å²) >= 11 is 1.49. The van der Waals surface area contributed by atoms with Crippen LogP contribution in [-0.4, -0.2) is 67.5 Å². The second-order valence-corrected chi connectivity index (χ2v) is 8.23. The summed E-state index contributed by atoms with van der Waals surface area (Å²) in [7, 11) is 1.64. The first-order valence-corrected chi connectivity index (χ1v) is 11.1. The van der Waals surface area contributed by atoms with E-state index in [1.807, 2.05) is 38.1 Å². The van der Waals surface area contributed by atoms with Crippen molar-refractivity contribution in [3.05, 3.63) is 41.3 Å². The molecule has 0 saturated carbocycles. The molecule has 1 saturated heterocycles. The Balaban J connectivity index is 1.41. The minimum absolute atomic E-state index is 0.00985. The zero-order valence-corrected chi connectivity index (χ0v) is 18.5. The van der Waals surface area contributed by atoms with Crippen molar-refractivity contribution in [2.45, 2.75) is 19.6 Å². The van der Waals surface area contributed by atoms with E-state index in [0.717, 1.165) is 49.0 Å². The van der Waals surface area contributed by atoms with E-state index in [1.54, 1.807) is 7.05 Å². The number of rotatable bonds is 8. The van der Waals surface area contributed by atoms with Gasteiger partial charge in [-0.3, -0.25) is 9.59 Å². The molecule has 2 aromatic rings. The second kappa shape index (κ2) is 10.5. The van der Waals surface area contributed by atoms with Gasteiger partial charge in [0.25, 0.3) is 0 Å². The van der Waals surface area contributed by atoms with Crippen LogP contribution in [0, 0.1) is 13.8 Å². The average molecular weight is 433 g/mol. The minimum Gasteiger partial charge on any atom is -0.378 e. The van der Waals surface area contributed by atoms with Gasteiger partial charge in [0, 0.05) is 42.8 Å². The summed E-state index contributed by atoms with van der Waals surface area (Å²) in [6, 6.07) is 7.73. The van der Waals surface area contributed by atoms with Crippen molar-refractivity contribution in [2.24, 2.45) is 0 Å². The maximum absolute atomic E-state index is 12.3. The van der Waals surface area contributed by atoms with E-state index in [9.17, 15) is 9.59 Å². The van der Waals surface area contributed by atoms with Crippen LogP contribution in [0.1, 0.15) is 17.0 Å². The van der Waals surface area contributed by atoms with Crippen LogP contribution in [0.15, 0.2) is 28.8 Å². The van der Waals surface area contributed by atoms with Crippen LogP contribution in [0.4, 0.5) is 11.4 Å². The summed E-state index contributed by atoms with van der Waals surface area (Å²) in [6.07, 6.45) is 0. The fraction of sp³-hybridized carbons (Fsp3) is 0.476. The molecule has 0 radical (unpaired) electrons. The van der Waals surface area contributed by atoms with Gasteiger partial charge >= 0.3 is 0 Å². The van der Waals surface area contributed by atoms with E-state index in [-0.39, 0.29) is 18.4 Å². The highest BCUT2D eigenvalue weighted by Gasteiger charge is 2.15. The molecule has 1 aromatic carbocycles. The van der Waals surface area contributed by atoms with Gasteiger partial charge in [0.1, 0.15) is 5.76 Å². The fourth-order valence-electron chi connectivity index (χ4n) is 3.14. The molecule has 0 spiro atoms. The summed E-state index contributed by atoms with van der Waals surface area (Å²) in [4.78, 5) is 28.3. The zero-order chi connectivity index (χ0) is 21.5. The molecule has 0 atom stereocenters. The number of morpholine rings is 1. The van der Waals surface area contributed by atoms with Gasteiger partial charge < -0.3 is 24.4 Å². The predicted molar refractivity (Wildman–Crippen MR) is 118 cm³/mol. The Morgan fingerprint density at radius 3 is 2.53 bits per heavy atom. The number of aryl methyl sites for hydroxylation is 2. The standard InChI is InChI=1S/C21H28N4O4S/c1-15-19(16(2)29-23-15)13-30-14-21(27)24(3)12-20(26)22-17-4-6-18(7-5-17)25-8-10-28-11-9-25/h4-7H,8-14H2,1-3H3,(H,22,26). The Labute approximate surface area is 180 Å². The van der Waals surface area contributed by atoms with Crippen LogP contribution >= 0.6 is 11.8 Å². The highest BCUT2D eigenvalue weighted by molar-refractivity contribution is 7.99. The Kier molecular flexibility index (Phi) is 7.75. The van der Waals surface area contributed by atoms with Crippen LogP contribution < -0.4 is 10.2 Å². The van der Waals surface area contributed by atoms with Gasteiger partial charge in [0.15, 0.2) is 0 Å². The number of amides is 2. The van der Waals surface area contributed by atoms with E-state index in [2.05, 4.69) is 15.4 Å². The van der Waals surface area contributed by atoms with Crippen molar-refractivity contribution in [1.82, 2.24) is 10.1 Å². The molecule has 0 bridgehead atoms. The number of benzene rings is 1. The lowest BCUT2D eigenvalue weighted by Gasteiger charge is -2.28. The predicted octanol–water partition coefficient (Wildman–Crippen LogP) is 2.46. The molecule has 162 valence electrons. The number of carbonyl (C=O) groups is 2. The second-order valence-electron chi connectivity index (χ2n) is 7.24. The number of nitrogens with zero attached hydrogens (tertiary/aromatic N) is 3. The number of ether oxygens (including phenoxy) is 1. The van der Waals surface area contributed by atoms with E-state index >= 15 is 0 Å². The third-order valence-corrected chi connectivity index (χ3v) is 5.93. The van der Waals surface area contributed by atoms with Crippen LogP contribution in [0.3, 0.4) is 0 Å². The first-order valence-electron chi connectivity index (χ1n) is 9.90. The smallest absolute Gasteiger partial charge is 0.243 e. The van der Waals surface area contributed by atoms with Crippen molar-refractivity contribution < 1.29 is 18.8 Å². The SMILES string of the molecule is Cc1noc(C)c1CSCC(=O)N(C)CC(=O)Nc1ccc(N2CCOCC2)cc1. The molecule has 9 heteroatoms. The molecule has 2 heterocycles. The van der Waals surface area contributed by atoms with Gasteiger partial charge in [0.05, 0.1) is 31.2 Å².